The molecular weight excluding hydrogens is 332 g/mol. The second-order valence-electron chi connectivity index (χ2n) is 5.37. The summed E-state index contributed by atoms with van der Waals surface area (Å²) in [4.78, 5) is 12.5. The quantitative estimate of drug-likeness (QED) is 0.884. The molecule has 0 aromatic heterocycles. The average Bonchev–Trinajstić information content (AvgIpc) is 2.95. The lowest BCUT2D eigenvalue weighted by atomic mass is 10.1. The van der Waals surface area contributed by atoms with Crippen LogP contribution in [0.3, 0.4) is 0 Å². The first kappa shape index (κ1) is 16.1. The van der Waals surface area contributed by atoms with Gasteiger partial charge in [-0.1, -0.05) is 6.07 Å². The molecule has 0 fully saturated rings. The first-order chi connectivity index (χ1) is 11.3. The summed E-state index contributed by atoms with van der Waals surface area (Å²) < 4.78 is 35.7. The molecule has 126 valence electrons. The fourth-order valence-corrected chi connectivity index (χ4v) is 2.99. The number of amides is 1. The van der Waals surface area contributed by atoms with Crippen LogP contribution in [0.15, 0.2) is 36.4 Å². The Morgan fingerprint density at radius 2 is 1.88 bits per heavy atom. The summed E-state index contributed by atoms with van der Waals surface area (Å²) in [6.45, 7) is 1.84. The number of sulfonamides is 1. The van der Waals surface area contributed by atoms with Crippen molar-refractivity contribution in [3.63, 3.8) is 0 Å². The Hall–Kier alpha value is -2.74. The van der Waals surface area contributed by atoms with Gasteiger partial charge in [0.2, 0.25) is 16.8 Å². The normalized spacial score (nSPS) is 12.8. The molecule has 2 N–H and O–H groups in total. The van der Waals surface area contributed by atoms with Gasteiger partial charge < -0.3 is 14.8 Å². The zero-order chi connectivity index (χ0) is 17.3. The molecule has 0 atom stereocenters. The highest BCUT2D eigenvalue weighted by Gasteiger charge is 2.17. The predicted octanol–water partition coefficient (Wildman–Crippen LogP) is 2.35. The smallest absolute Gasteiger partial charge is 0.256 e. The molecule has 2 aromatic rings. The number of ether oxygens (including phenoxy) is 2. The molecule has 1 aliphatic heterocycles. The van der Waals surface area contributed by atoms with E-state index >= 15 is 0 Å². The third-order valence-corrected chi connectivity index (χ3v) is 4.09. The summed E-state index contributed by atoms with van der Waals surface area (Å²) in [5, 5.41) is 2.77. The molecule has 0 unspecified atom stereocenters. The van der Waals surface area contributed by atoms with E-state index in [1.807, 2.05) is 0 Å². The van der Waals surface area contributed by atoms with Crippen molar-refractivity contribution in [2.75, 3.05) is 23.1 Å². The van der Waals surface area contributed by atoms with Crippen LogP contribution in [-0.4, -0.2) is 27.4 Å². The summed E-state index contributed by atoms with van der Waals surface area (Å²) in [5.74, 6) is 0.851. The minimum Gasteiger partial charge on any atom is -0.454 e. The summed E-state index contributed by atoms with van der Waals surface area (Å²) in [5.41, 5.74) is 1.85. The molecule has 1 heterocycles. The van der Waals surface area contributed by atoms with E-state index in [-0.39, 0.29) is 12.7 Å². The largest absolute Gasteiger partial charge is 0.454 e. The van der Waals surface area contributed by atoms with E-state index in [1.165, 1.54) is 0 Å². The van der Waals surface area contributed by atoms with Crippen molar-refractivity contribution in [3.8, 4) is 11.5 Å². The Balaban J connectivity index is 1.84. The molecular formula is C16H16N2O5S. The second-order valence-corrected chi connectivity index (χ2v) is 7.12. The second kappa shape index (κ2) is 6.04. The van der Waals surface area contributed by atoms with Crippen molar-refractivity contribution >= 4 is 27.3 Å². The van der Waals surface area contributed by atoms with Crippen LogP contribution in [0, 0.1) is 6.92 Å². The Bertz CT molecular complexity index is 909. The summed E-state index contributed by atoms with van der Waals surface area (Å²) in [7, 11) is -3.42. The lowest BCUT2D eigenvalue weighted by molar-refractivity contribution is 0.102. The van der Waals surface area contributed by atoms with Gasteiger partial charge in [-0.3, -0.25) is 9.52 Å². The van der Waals surface area contributed by atoms with Gasteiger partial charge in [-0.25, -0.2) is 8.42 Å². The van der Waals surface area contributed by atoms with Gasteiger partial charge in [0.15, 0.2) is 11.5 Å². The molecule has 0 radical (unpaired) electrons. The Labute approximate surface area is 139 Å². The molecule has 0 saturated heterocycles. The molecule has 0 aliphatic carbocycles. The van der Waals surface area contributed by atoms with Crippen LogP contribution in [0.1, 0.15) is 15.9 Å². The van der Waals surface area contributed by atoms with Crippen LogP contribution in [0.4, 0.5) is 11.4 Å². The summed E-state index contributed by atoms with van der Waals surface area (Å²) >= 11 is 0. The Kier molecular flexibility index (Phi) is 4.06. The molecule has 1 aliphatic rings. The van der Waals surface area contributed by atoms with E-state index in [0.29, 0.717) is 34.0 Å². The fraction of sp³-hybridized carbons (Fsp3) is 0.188. The summed E-state index contributed by atoms with van der Waals surface area (Å²) in [6.07, 6.45) is 1.06. The minimum atomic E-state index is -3.42. The number of nitrogens with one attached hydrogen (secondary N) is 2. The van der Waals surface area contributed by atoms with E-state index in [9.17, 15) is 13.2 Å². The van der Waals surface area contributed by atoms with Crippen molar-refractivity contribution in [3.05, 3.63) is 47.5 Å². The van der Waals surface area contributed by atoms with Crippen LogP contribution in [0.25, 0.3) is 0 Å². The van der Waals surface area contributed by atoms with E-state index in [0.717, 1.165) is 6.26 Å². The Morgan fingerprint density at radius 1 is 1.12 bits per heavy atom. The van der Waals surface area contributed by atoms with Crippen LogP contribution in [0.2, 0.25) is 0 Å². The lowest BCUT2D eigenvalue weighted by Gasteiger charge is -2.12. The number of carbonyl (C=O) groups excluding carboxylic acids is 1. The maximum Gasteiger partial charge on any atom is 0.256 e. The van der Waals surface area contributed by atoms with Crippen molar-refractivity contribution in [1.29, 1.82) is 0 Å². The lowest BCUT2D eigenvalue weighted by Crippen LogP contribution is -2.16. The zero-order valence-electron chi connectivity index (χ0n) is 13.1. The molecule has 0 spiro atoms. The highest BCUT2D eigenvalue weighted by Crippen LogP contribution is 2.34. The molecule has 8 heteroatoms. The first-order valence-corrected chi connectivity index (χ1v) is 9.01. The third-order valence-electron chi connectivity index (χ3n) is 3.50. The predicted molar refractivity (Wildman–Crippen MR) is 90.2 cm³/mol. The fourth-order valence-electron chi connectivity index (χ4n) is 2.36. The molecule has 0 bridgehead atoms. The minimum absolute atomic E-state index is 0.158. The van der Waals surface area contributed by atoms with Crippen molar-refractivity contribution in [2.24, 2.45) is 0 Å². The zero-order valence-corrected chi connectivity index (χ0v) is 13.9. The average molecular weight is 348 g/mol. The standard InChI is InChI=1S/C16H16N2O5S/c1-10-12(4-3-5-13(10)18-24(2,20)21)16(19)17-11-6-7-14-15(8-11)23-9-22-14/h3-8,18H,9H2,1-2H3,(H,17,19). The molecule has 0 saturated carbocycles. The van der Waals surface area contributed by atoms with Crippen molar-refractivity contribution in [2.45, 2.75) is 6.92 Å². The number of hydrogen-bond acceptors (Lipinski definition) is 5. The molecule has 24 heavy (non-hydrogen) atoms. The maximum atomic E-state index is 12.5. The molecule has 1 amide bonds. The van der Waals surface area contributed by atoms with E-state index < -0.39 is 10.0 Å². The number of carbonyl (C=O) groups is 1. The number of rotatable bonds is 4. The highest BCUT2D eigenvalue weighted by molar-refractivity contribution is 7.92. The van der Waals surface area contributed by atoms with Gasteiger partial charge in [0, 0.05) is 17.3 Å². The third kappa shape index (κ3) is 3.43. The van der Waals surface area contributed by atoms with Gasteiger partial charge in [0.05, 0.1) is 11.9 Å². The summed E-state index contributed by atoms with van der Waals surface area (Å²) in [6, 6.07) is 9.95. The van der Waals surface area contributed by atoms with Crippen LogP contribution in [0.5, 0.6) is 11.5 Å². The van der Waals surface area contributed by atoms with Gasteiger partial charge in [0.25, 0.3) is 5.91 Å². The SMILES string of the molecule is Cc1c(NS(C)(=O)=O)cccc1C(=O)Nc1ccc2c(c1)OCO2. The van der Waals surface area contributed by atoms with Gasteiger partial charge in [-0.15, -0.1) is 0 Å². The number of benzene rings is 2. The Morgan fingerprint density at radius 3 is 2.62 bits per heavy atom. The number of fused-ring (bicyclic) bond motifs is 1. The molecule has 3 rings (SSSR count). The van der Waals surface area contributed by atoms with Crippen LogP contribution in [-0.2, 0) is 10.0 Å². The van der Waals surface area contributed by atoms with Crippen LogP contribution >= 0.6 is 0 Å². The topological polar surface area (TPSA) is 93.7 Å². The van der Waals surface area contributed by atoms with Gasteiger partial charge in [-0.2, -0.15) is 0 Å². The van der Waals surface area contributed by atoms with Crippen LogP contribution < -0.4 is 19.5 Å². The first-order valence-electron chi connectivity index (χ1n) is 7.12. The van der Waals surface area contributed by atoms with Gasteiger partial charge >= 0.3 is 0 Å². The van der Waals surface area contributed by atoms with E-state index in [4.69, 9.17) is 9.47 Å². The maximum absolute atomic E-state index is 12.5. The van der Waals surface area contributed by atoms with Gasteiger partial charge in [-0.05, 0) is 36.8 Å². The number of hydrogen-bond donors (Lipinski definition) is 2. The number of anilines is 2. The van der Waals surface area contributed by atoms with E-state index in [2.05, 4.69) is 10.0 Å². The van der Waals surface area contributed by atoms with Crippen molar-refractivity contribution < 1.29 is 22.7 Å². The van der Waals surface area contributed by atoms with E-state index in [1.54, 1.807) is 43.3 Å². The molecule has 7 nitrogen and oxygen atoms in total. The monoisotopic (exact) mass is 348 g/mol. The highest BCUT2D eigenvalue weighted by atomic mass is 32.2. The van der Waals surface area contributed by atoms with Crippen molar-refractivity contribution in [1.82, 2.24) is 0 Å². The molecule has 2 aromatic carbocycles. The van der Waals surface area contributed by atoms with Gasteiger partial charge in [0.1, 0.15) is 0 Å².